The van der Waals surface area contributed by atoms with Crippen molar-refractivity contribution in [3.63, 3.8) is 0 Å². The van der Waals surface area contributed by atoms with Crippen LogP contribution in [0, 0.1) is 0 Å². The van der Waals surface area contributed by atoms with Crippen molar-refractivity contribution in [3.05, 3.63) is 12.2 Å². The molecule has 0 aromatic rings. The van der Waals surface area contributed by atoms with Crippen molar-refractivity contribution in [2.45, 2.75) is 6.92 Å². The van der Waals surface area contributed by atoms with E-state index in [4.69, 9.17) is 9.26 Å². The Bertz CT molecular complexity index is 300. The van der Waals surface area contributed by atoms with Crippen LogP contribution in [0.25, 0.3) is 0 Å². The molecule has 0 rings (SSSR count). The van der Waals surface area contributed by atoms with Gasteiger partial charge in [0.2, 0.25) is 0 Å². The number of quaternary nitrogens is 1. The van der Waals surface area contributed by atoms with Crippen LogP contribution in [0.4, 0.5) is 0 Å². The fourth-order valence-electron chi connectivity index (χ4n) is 0.918. The molecule has 0 spiro atoms. The van der Waals surface area contributed by atoms with Crippen molar-refractivity contribution >= 4 is 7.82 Å². The van der Waals surface area contributed by atoms with Crippen LogP contribution in [0.1, 0.15) is 6.92 Å². The second-order valence-corrected chi connectivity index (χ2v) is 6.55. The molecule has 1 atom stereocenters. The summed E-state index contributed by atoms with van der Waals surface area (Å²) in [4.78, 5) is 11.3. The number of likely N-dealkylation sites (N-methyl/N-ethyl adjacent to an activating group) is 1. The molecule has 0 heterocycles. The zero-order chi connectivity index (χ0) is 14.2. The van der Waals surface area contributed by atoms with Crippen LogP contribution in [0.5, 0.6) is 0 Å². The first-order valence-electron chi connectivity index (χ1n) is 5.75. The van der Waals surface area contributed by atoms with Crippen molar-refractivity contribution in [2.24, 2.45) is 0 Å². The molecule has 0 aliphatic carbocycles. The van der Waals surface area contributed by atoms with E-state index in [2.05, 4.69) is 11.1 Å². The van der Waals surface area contributed by atoms with E-state index in [0.29, 0.717) is 17.6 Å². The fraction of sp³-hybridized carbons (Fsp3) is 0.818. The molecule has 0 aromatic heterocycles. The van der Waals surface area contributed by atoms with Crippen LogP contribution in [-0.4, -0.2) is 58.6 Å². The molecule has 1 unspecified atom stereocenters. The summed E-state index contributed by atoms with van der Waals surface area (Å²) in [6.45, 7) is 6.72. The van der Waals surface area contributed by atoms with Crippen molar-refractivity contribution in [1.82, 2.24) is 0 Å². The highest BCUT2D eigenvalue weighted by Crippen LogP contribution is 2.37. The van der Waals surface area contributed by atoms with Gasteiger partial charge in [-0.15, -0.1) is 0 Å². The van der Waals surface area contributed by atoms with Gasteiger partial charge in [-0.3, -0.25) is 4.57 Å². The van der Waals surface area contributed by atoms with Crippen LogP contribution in [-0.2, 0) is 18.3 Å². The molecule has 0 aliphatic heterocycles. The van der Waals surface area contributed by atoms with Gasteiger partial charge in [-0.2, -0.15) is 0 Å². The third-order valence-electron chi connectivity index (χ3n) is 1.84. The Morgan fingerprint density at radius 1 is 1.22 bits per heavy atom. The van der Waals surface area contributed by atoms with Crippen molar-refractivity contribution < 1.29 is 27.7 Å². The maximum Gasteiger partial charge on any atom is 0.268 e. The van der Waals surface area contributed by atoms with Crippen LogP contribution >= 0.6 is 7.82 Å². The second kappa shape index (κ2) is 8.04. The SMILES string of the molecule is C=C(C)COCCOP(=O)([O-])OCC[N+](C)(C)C. The summed E-state index contributed by atoms with van der Waals surface area (Å²) in [6, 6.07) is 0. The van der Waals surface area contributed by atoms with E-state index in [0.717, 1.165) is 5.57 Å². The lowest BCUT2D eigenvalue weighted by Crippen LogP contribution is -2.37. The monoisotopic (exact) mass is 281 g/mol. The molecule has 7 heteroatoms. The number of phosphoric acid groups is 1. The first-order valence-corrected chi connectivity index (χ1v) is 7.21. The molecule has 0 fully saturated rings. The molecule has 0 N–H and O–H groups in total. The molecule has 0 aliphatic rings. The standard InChI is InChI=1S/C11H24NO5P/c1-11(2)10-15-8-9-17-18(13,14)16-7-6-12(3,4)5/h1,6-10H2,2-5H3. The lowest BCUT2D eigenvalue weighted by molar-refractivity contribution is -0.870. The maximum absolute atomic E-state index is 11.3. The van der Waals surface area contributed by atoms with Gasteiger partial charge in [-0.1, -0.05) is 12.2 Å². The minimum Gasteiger partial charge on any atom is -0.756 e. The summed E-state index contributed by atoms with van der Waals surface area (Å²) < 4.78 is 26.4. The molecule has 0 saturated carbocycles. The van der Waals surface area contributed by atoms with Crippen LogP contribution in [0.2, 0.25) is 0 Å². The predicted molar refractivity (Wildman–Crippen MR) is 68.0 cm³/mol. The normalized spacial score (nSPS) is 15.4. The molecular weight excluding hydrogens is 257 g/mol. The molecule has 0 saturated heterocycles. The van der Waals surface area contributed by atoms with Crippen LogP contribution < -0.4 is 4.89 Å². The van der Waals surface area contributed by atoms with E-state index >= 15 is 0 Å². The summed E-state index contributed by atoms with van der Waals surface area (Å²) in [5, 5.41) is 0. The third kappa shape index (κ3) is 12.2. The molecule has 0 amide bonds. The van der Waals surface area contributed by atoms with Gasteiger partial charge >= 0.3 is 0 Å². The van der Waals surface area contributed by atoms with E-state index < -0.39 is 7.82 Å². The van der Waals surface area contributed by atoms with Crippen LogP contribution in [0.15, 0.2) is 12.2 Å². The lowest BCUT2D eigenvalue weighted by atomic mass is 10.4. The average Bonchev–Trinajstić information content (AvgIpc) is 2.13. The van der Waals surface area contributed by atoms with Crippen molar-refractivity contribution in [1.29, 1.82) is 0 Å². The minimum atomic E-state index is -4.20. The maximum atomic E-state index is 11.3. The zero-order valence-corrected chi connectivity index (χ0v) is 12.6. The van der Waals surface area contributed by atoms with E-state index in [9.17, 15) is 9.46 Å². The Labute approximate surface area is 109 Å². The summed E-state index contributed by atoms with van der Waals surface area (Å²) in [7, 11) is 1.64. The fourth-order valence-corrected chi connectivity index (χ4v) is 1.60. The number of nitrogens with zero attached hydrogens (tertiary/aromatic N) is 1. The van der Waals surface area contributed by atoms with Gasteiger partial charge in [0.05, 0.1) is 41.0 Å². The van der Waals surface area contributed by atoms with Gasteiger partial charge in [-0.25, -0.2) is 0 Å². The third-order valence-corrected chi connectivity index (χ3v) is 2.83. The first kappa shape index (κ1) is 17.8. The highest BCUT2D eigenvalue weighted by Gasteiger charge is 2.12. The Balaban J connectivity index is 3.67. The topological polar surface area (TPSA) is 67.8 Å². The molecule has 0 bridgehead atoms. The lowest BCUT2D eigenvalue weighted by Gasteiger charge is -2.27. The second-order valence-electron chi connectivity index (χ2n) is 5.14. The van der Waals surface area contributed by atoms with E-state index in [1.54, 1.807) is 0 Å². The van der Waals surface area contributed by atoms with Gasteiger partial charge < -0.3 is 23.2 Å². The molecule has 18 heavy (non-hydrogen) atoms. The largest absolute Gasteiger partial charge is 0.756 e. The quantitative estimate of drug-likeness (QED) is 0.256. The summed E-state index contributed by atoms with van der Waals surface area (Å²) >= 11 is 0. The molecule has 108 valence electrons. The summed E-state index contributed by atoms with van der Waals surface area (Å²) in [5.41, 5.74) is 0.875. The molecule has 6 nitrogen and oxygen atoms in total. The Morgan fingerprint density at radius 2 is 1.78 bits per heavy atom. The Hall–Kier alpha value is -0.230. The Morgan fingerprint density at radius 3 is 2.28 bits per heavy atom. The summed E-state index contributed by atoms with van der Waals surface area (Å²) in [6.07, 6.45) is 0. The molecule has 0 radical (unpaired) electrons. The zero-order valence-electron chi connectivity index (χ0n) is 11.7. The van der Waals surface area contributed by atoms with Crippen molar-refractivity contribution in [2.75, 3.05) is 54.1 Å². The smallest absolute Gasteiger partial charge is 0.268 e. The van der Waals surface area contributed by atoms with E-state index in [1.165, 1.54) is 0 Å². The first-order chi connectivity index (χ1) is 8.12. The van der Waals surface area contributed by atoms with Gasteiger partial charge in [-0.05, 0) is 6.92 Å². The number of hydrogen-bond donors (Lipinski definition) is 0. The van der Waals surface area contributed by atoms with Crippen LogP contribution in [0.3, 0.4) is 0 Å². The summed E-state index contributed by atoms with van der Waals surface area (Å²) in [5.74, 6) is 0. The minimum absolute atomic E-state index is 0.0432. The van der Waals surface area contributed by atoms with Gasteiger partial charge in [0.1, 0.15) is 13.2 Å². The van der Waals surface area contributed by atoms with Crippen molar-refractivity contribution in [3.8, 4) is 0 Å². The van der Waals surface area contributed by atoms with Gasteiger partial charge in [0.25, 0.3) is 7.82 Å². The number of rotatable bonds is 10. The number of ether oxygens (including phenoxy) is 1. The molecule has 0 aromatic carbocycles. The van der Waals surface area contributed by atoms with E-state index in [-0.39, 0.29) is 19.8 Å². The van der Waals surface area contributed by atoms with E-state index in [1.807, 2.05) is 28.1 Å². The number of hydrogen-bond acceptors (Lipinski definition) is 5. The highest BCUT2D eigenvalue weighted by molar-refractivity contribution is 7.45. The van der Waals surface area contributed by atoms with Gasteiger partial charge in [0, 0.05) is 0 Å². The molecular formula is C11H24NO5P. The highest BCUT2D eigenvalue weighted by atomic mass is 31.2. The Kier molecular flexibility index (Phi) is 7.94. The average molecular weight is 281 g/mol. The number of phosphoric ester groups is 1. The predicted octanol–water partition coefficient (Wildman–Crippen LogP) is 0.787. The van der Waals surface area contributed by atoms with Gasteiger partial charge in [0.15, 0.2) is 0 Å².